The number of rotatable bonds is 10. The second-order valence-electron chi connectivity index (χ2n) is 5.12. The van der Waals surface area contributed by atoms with Crippen molar-refractivity contribution in [2.45, 2.75) is 32.1 Å². The number of hydrogen-bond acceptors (Lipinski definition) is 3. The first-order valence-corrected chi connectivity index (χ1v) is 7.75. The number of alkyl halides is 1. The van der Waals surface area contributed by atoms with E-state index in [4.69, 9.17) is 21.1 Å². The molecule has 0 bridgehead atoms. The zero-order valence-corrected chi connectivity index (χ0v) is 12.4. The van der Waals surface area contributed by atoms with Gasteiger partial charge in [-0.15, -0.1) is 11.6 Å². The Morgan fingerprint density at radius 2 is 1.89 bits per heavy atom. The fourth-order valence-electron chi connectivity index (χ4n) is 2.59. The zero-order valence-electron chi connectivity index (χ0n) is 11.6. The molecule has 2 atom stereocenters. The van der Waals surface area contributed by atoms with E-state index in [0.29, 0.717) is 13.2 Å². The van der Waals surface area contributed by atoms with Crippen molar-refractivity contribution >= 4 is 11.6 Å². The minimum Gasteiger partial charge on any atom is -0.382 e. The molecule has 0 aromatic rings. The summed E-state index contributed by atoms with van der Waals surface area (Å²) >= 11 is 6.03. The summed E-state index contributed by atoms with van der Waals surface area (Å²) in [5.41, 5.74) is 0. The highest BCUT2D eigenvalue weighted by Gasteiger charge is 2.23. The first-order valence-electron chi connectivity index (χ1n) is 7.21. The topological polar surface area (TPSA) is 30.5 Å². The van der Waals surface area contributed by atoms with Crippen molar-refractivity contribution in [3.63, 3.8) is 0 Å². The number of nitrogens with one attached hydrogen (secondary N) is 1. The minimum atomic E-state index is 0.687. The second-order valence-corrected chi connectivity index (χ2v) is 5.43. The fourth-order valence-corrected chi connectivity index (χ4v) is 2.99. The van der Waals surface area contributed by atoms with Gasteiger partial charge in [-0.05, 0) is 44.2 Å². The first-order chi connectivity index (χ1) is 8.88. The summed E-state index contributed by atoms with van der Waals surface area (Å²) in [5, 5.41) is 3.54. The fraction of sp³-hybridized carbons (Fsp3) is 1.00. The largest absolute Gasteiger partial charge is 0.382 e. The van der Waals surface area contributed by atoms with Gasteiger partial charge in [0.25, 0.3) is 0 Å². The number of ether oxygens (including phenoxy) is 2. The Kier molecular flexibility index (Phi) is 9.95. The van der Waals surface area contributed by atoms with Crippen LogP contribution in [0.5, 0.6) is 0 Å². The van der Waals surface area contributed by atoms with Crippen LogP contribution < -0.4 is 5.32 Å². The van der Waals surface area contributed by atoms with Crippen LogP contribution in [0.15, 0.2) is 0 Å². The molecule has 1 N–H and O–H groups in total. The summed E-state index contributed by atoms with van der Waals surface area (Å²) in [7, 11) is 1.70. The van der Waals surface area contributed by atoms with Gasteiger partial charge in [0.15, 0.2) is 0 Å². The van der Waals surface area contributed by atoms with Crippen LogP contribution in [0.1, 0.15) is 32.1 Å². The predicted molar refractivity (Wildman–Crippen MR) is 76.3 cm³/mol. The van der Waals surface area contributed by atoms with E-state index < -0.39 is 0 Å². The van der Waals surface area contributed by atoms with Crippen LogP contribution in [-0.2, 0) is 9.47 Å². The molecule has 0 amide bonds. The second kappa shape index (κ2) is 11.0. The summed E-state index contributed by atoms with van der Waals surface area (Å²) in [6, 6.07) is 0. The highest BCUT2D eigenvalue weighted by Crippen LogP contribution is 2.30. The lowest BCUT2D eigenvalue weighted by molar-refractivity contribution is 0.0693. The van der Waals surface area contributed by atoms with Crippen LogP contribution in [0.3, 0.4) is 0 Å². The third-order valence-corrected chi connectivity index (χ3v) is 4.14. The van der Waals surface area contributed by atoms with E-state index in [0.717, 1.165) is 43.8 Å². The molecule has 1 rings (SSSR count). The smallest absolute Gasteiger partial charge is 0.0700 e. The molecular weight excluding hydrogens is 250 g/mol. The van der Waals surface area contributed by atoms with Crippen LogP contribution in [0, 0.1) is 11.8 Å². The van der Waals surface area contributed by atoms with Gasteiger partial charge in [0.2, 0.25) is 0 Å². The van der Waals surface area contributed by atoms with Crippen molar-refractivity contribution in [2.75, 3.05) is 45.9 Å². The lowest BCUT2D eigenvalue weighted by Crippen LogP contribution is -2.32. The highest BCUT2D eigenvalue weighted by molar-refractivity contribution is 6.18. The van der Waals surface area contributed by atoms with Crippen molar-refractivity contribution < 1.29 is 9.47 Å². The molecule has 0 aliphatic heterocycles. The van der Waals surface area contributed by atoms with E-state index >= 15 is 0 Å². The van der Waals surface area contributed by atoms with Gasteiger partial charge in [0, 0.05) is 19.6 Å². The zero-order chi connectivity index (χ0) is 13.1. The van der Waals surface area contributed by atoms with Crippen molar-refractivity contribution in [1.82, 2.24) is 5.32 Å². The molecule has 0 radical (unpaired) electrons. The van der Waals surface area contributed by atoms with Gasteiger partial charge >= 0.3 is 0 Å². The van der Waals surface area contributed by atoms with Gasteiger partial charge in [-0.3, -0.25) is 0 Å². The molecule has 18 heavy (non-hydrogen) atoms. The Morgan fingerprint density at radius 1 is 1.11 bits per heavy atom. The maximum absolute atomic E-state index is 6.03. The third kappa shape index (κ3) is 6.93. The minimum absolute atomic E-state index is 0.687. The maximum Gasteiger partial charge on any atom is 0.0700 e. The molecule has 0 aromatic heterocycles. The molecule has 3 nitrogen and oxygen atoms in total. The molecule has 0 aromatic carbocycles. The SMILES string of the molecule is COCCOCCCNCC1CCCCC1CCl. The quantitative estimate of drug-likeness (QED) is 0.492. The van der Waals surface area contributed by atoms with Crippen LogP contribution >= 0.6 is 11.6 Å². The Bertz CT molecular complexity index is 193. The summed E-state index contributed by atoms with van der Waals surface area (Å²) in [4.78, 5) is 0. The molecule has 0 heterocycles. The average molecular weight is 278 g/mol. The van der Waals surface area contributed by atoms with E-state index in [1.165, 1.54) is 25.7 Å². The Hall–Kier alpha value is 0.170. The maximum atomic E-state index is 6.03. The summed E-state index contributed by atoms with van der Waals surface area (Å²) in [6.45, 7) is 4.37. The van der Waals surface area contributed by atoms with Crippen molar-refractivity contribution in [2.24, 2.45) is 11.8 Å². The van der Waals surface area contributed by atoms with Crippen molar-refractivity contribution in [3.05, 3.63) is 0 Å². The van der Waals surface area contributed by atoms with E-state index in [-0.39, 0.29) is 0 Å². The molecular formula is C14H28ClNO2. The van der Waals surface area contributed by atoms with Crippen LogP contribution in [0.25, 0.3) is 0 Å². The molecule has 108 valence electrons. The van der Waals surface area contributed by atoms with Gasteiger partial charge in [0.1, 0.15) is 0 Å². The van der Waals surface area contributed by atoms with E-state index in [1.54, 1.807) is 7.11 Å². The van der Waals surface area contributed by atoms with Gasteiger partial charge < -0.3 is 14.8 Å². The standard InChI is InChI=1S/C14H28ClNO2/c1-17-9-10-18-8-4-7-16-12-14-6-3-2-5-13(14)11-15/h13-14,16H,2-12H2,1H3. The van der Waals surface area contributed by atoms with E-state index in [2.05, 4.69) is 5.32 Å². The number of hydrogen-bond donors (Lipinski definition) is 1. The molecule has 0 saturated heterocycles. The van der Waals surface area contributed by atoms with Crippen LogP contribution in [0.2, 0.25) is 0 Å². The molecule has 1 fully saturated rings. The summed E-state index contributed by atoms with van der Waals surface area (Å²) < 4.78 is 10.3. The number of methoxy groups -OCH3 is 1. The Labute approximate surface area is 117 Å². The highest BCUT2D eigenvalue weighted by atomic mass is 35.5. The summed E-state index contributed by atoms with van der Waals surface area (Å²) in [5.74, 6) is 2.34. The monoisotopic (exact) mass is 277 g/mol. The lowest BCUT2D eigenvalue weighted by atomic mass is 9.80. The predicted octanol–water partition coefficient (Wildman–Crippen LogP) is 2.67. The van der Waals surface area contributed by atoms with E-state index in [1.807, 2.05) is 0 Å². The van der Waals surface area contributed by atoms with Gasteiger partial charge in [-0.25, -0.2) is 0 Å². The number of halogens is 1. The van der Waals surface area contributed by atoms with Gasteiger partial charge in [0.05, 0.1) is 13.2 Å². The molecule has 1 saturated carbocycles. The van der Waals surface area contributed by atoms with Crippen LogP contribution in [-0.4, -0.2) is 45.9 Å². The van der Waals surface area contributed by atoms with Gasteiger partial charge in [-0.1, -0.05) is 12.8 Å². The van der Waals surface area contributed by atoms with E-state index in [9.17, 15) is 0 Å². The summed E-state index contributed by atoms with van der Waals surface area (Å²) in [6.07, 6.45) is 6.47. The normalized spacial score (nSPS) is 24.3. The first kappa shape index (κ1) is 16.2. The molecule has 2 unspecified atom stereocenters. The Morgan fingerprint density at radius 3 is 2.61 bits per heavy atom. The average Bonchev–Trinajstić information content (AvgIpc) is 2.42. The molecule has 1 aliphatic carbocycles. The Balaban J connectivity index is 1.93. The third-order valence-electron chi connectivity index (χ3n) is 3.75. The molecule has 0 spiro atoms. The van der Waals surface area contributed by atoms with Crippen molar-refractivity contribution in [1.29, 1.82) is 0 Å². The molecule has 4 heteroatoms. The van der Waals surface area contributed by atoms with Gasteiger partial charge in [-0.2, -0.15) is 0 Å². The lowest BCUT2D eigenvalue weighted by Gasteiger charge is -2.30. The van der Waals surface area contributed by atoms with Crippen molar-refractivity contribution in [3.8, 4) is 0 Å². The van der Waals surface area contributed by atoms with Crippen LogP contribution in [0.4, 0.5) is 0 Å². The molecule has 1 aliphatic rings.